The number of hydrogen-bond donors (Lipinski definition) is 2. The number of halogens is 3. The second-order valence-corrected chi connectivity index (χ2v) is 9.52. The molecule has 0 radical (unpaired) electrons. The Hall–Kier alpha value is -2.28. The third-order valence-corrected chi connectivity index (χ3v) is 7.33. The minimum Gasteiger partial charge on any atom is -0.390 e. The van der Waals surface area contributed by atoms with Crippen molar-refractivity contribution in [2.45, 2.75) is 38.6 Å². The Balaban J connectivity index is 1.64. The molecule has 33 heavy (non-hydrogen) atoms. The summed E-state index contributed by atoms with van der Waals surface area (Å²) in [6.07, 6.45) is 1.40. The molecule has 0 atom stereocenters. The number of anilines is 1. The molecule has 1 aliphatic heterocycles. The molecule has 1 aliphatic rings. The van der Waals surface area contributed by atoms with Gasteiger partial charge in [0, 0.05) is 42.8 Å². The number of pyridine rings is 1. The van der Waals surface area contributed by atoms with Gasteiger partial charge in [-0.15, -0.1) is 11.3 Å². The van der Waals surface area contributed by atoms with Crippen LogP contribution in [0, 0.1) is 6.92 Å². The summed E-state index contributed by atoms with van der Waals surface area (Å²) in [7, 11) is 0. The van der Waals surface area contributed by atoms with Crippen molar-refractivity contribution < 1.29 is 18.3 Å². The molecule has 2 N–H and O–H groups in total. The Bertz CT molecular complexity index is 1120. The maximum Gasteiger partial charge on any atom is 0.420 e. The zero-order chi connectivity index (χ0) is 23.6. The standard InChI is InChI=1S/C21H23F3N6OS2/c1-12-15(4-3-14(11-31)27-12)19-25-10-17(33-19)18-16(21(22,23)24)9-26-20(29-18)28-13-5-7-30(32-2)8-6-13/h3-4,9-10,13,31H,5-8,11H2,1-2H3,(H,26,28,29). The largest absolute Gasteiger partial charge is 0.420 e. The minimum atomic E-state index is -4.60. The van der Waals surface area contributed by atoms with Gasteiger partial charge in [-0.2, -0.15) is 13.2 Å². The van der Waals surface area contributed by atoms with Crippen LogP contribution in [0.1, 0.15) is 29.8 Å². The predicted molar refractivity (Wildman–Crippen MR) is 124 cm³/mol. The van der Waals surface area contributed by atoms with Gasteiger partial charge in [0.15, 0.2) is 0 Å². The second-order valence-electron chi connectivity index (χ2n) is 7.61. The predicted octanol–water partition coefficient (Wildman–Crippen LogP) is 4.64. The van der Waals surface area contributed by atoms with Crippen LogP contribution in [0.25, 0.3) is 21.1 Å². The summed E-state index contributed by atoms with van der Waals surface area (Å²) in [5.41, 5.74) is 0.765. The fourth-order valence-corrected chi connectivity index (χ4v) is 5.22. The maximum absolute atomic E-state index is 13.7. The van der Waals surface area contributed by atoms with Crippen molar-refractivity contribution in [3.63, 3.8) is 0 Å². The quantitative estimate of drug-likeness (QED) is 0.478. The summed E-state index contributed by atoms with van der Waals surface area (Å²) in [6.45, 7) is 3.37. The van der Waals surface area contributed by atoms with Gasteiger partial charge in [0.2, 0.25) is 5.95 Å². The Morgan fingerprint density at radius 3 is 2.58 bits per heavy atom. The molecule has 7 nitrogen and oxygen atoms in total. The van der Waals surface area contributed by atoms with E-state index >= 15 is 0 Å². The Morgan fingerprint density at radius 1 is 1.18 bits per heavy atom. The van der Waals surface area contributed by atoms with E-state index in [0.717, 1.165) is 43.5 Å². The number of hydrogen-bond acceptors (Lipinski definition) is 9. The van der Waals surface area contributed by atoms with E-state index in [2.05, 4.69) is 29.6 Å². The average molecular weight is 497 g/mol. The molecule has 4 heterocycles. The molecule has 0 bridgehead atoms. The molecule has 0 unspecified atom stereocenters. The Kier molecular flexibility index (Phi) is 7.17. The first-order valence-corrected chi connectivity index (χ1v) is 12.3. The molecule has 0 aliphatic carbocycles. The fraction of sp³-hybridized carbons (Fsp3) is 0.429. The summed E-state index contributed by atoms with van der Waals surface area (Å²) < 4.78 is 43.4. The van der Waals surface area contributed by atoms with Gasteiger partial charge in [0.05, 0.1) is 22.9 Å². The molecular formula is C21H23F3N6OS2. The van der Waals surface area contributed by atoms with Crippen molar-refractivity contribution >= 4 is 29.2 Å². The van der Waals surface area contributed by atoms with Crippen molar-refractivity contribution in [2.75, 3.05) is 24.7 Å². The minimum absolute atomic E-state index is 0.105. The van der Waals surface area contributed by atoms with Crippen LogP contribution in [0.3, 0.4) is 0 Å². The molecule has 1 saturated heterocycles. The van der Waals surface area contributed by atoms with E-state index in [1.165, 1.54) is 6.20 Å². The van der Waals surface area contributed by atoms with Crippen LogP contribution in [0.15, 0.2) is 24.5 Å². The molecule has 3 aromatic heterocycles. The van der Waals surface area contributed by atoms with Crippen molar-refractivity contribution in [3.05, 3.63) is 41.5 Å². The summed E-state index contributed by atoms with van der Waals surface area (Å²) >= 11 is 2.80. The van der Waals surface area contributed by atoms with E-state index < -0.39 is 11.7 Å². The highest BCUT2D eigenvalue weighted by molar-refractivity contribution is 7.96. The zero-order valence-corrected chi connectivity index (χ0v) is 19.7. The first-order valence-electron chi connectivity index (χ1n) is 10.3. The van der Waals surface area contributed by atoms with Gasteiger partial charge in [-0.1, -0.05) is 11.9 Å². The SMILES string of the molecule is CSN1CCC(Nc2ncc(C(F)(F)F)c(-c3cnc(-c4ccc(CO)nc4C)s3)n2)CC1. The van der Waals surface area contributed by atoms with Gasteiger partial charge < -0.3 is 10.4 Å². The van der Waals surface area contributed by atoms with Crippen molar-refractivity contribution in [3.8, 4) is 21.1 Å². The lowest BCUT2D eigenvalue weighted by Crippen LogP contribution is -2.35. The number of thiazole rings is 1. The first kappa shape index (κ1) is 23.9. The molecule has 3 aromatic rings. The van der Waals surface area contributed by atoms with Crippen LogP contribution in [0.5, 0.6) is 0 Å². The van der Waals surface area contributed by atoms with Crippen molar-refractivity contribution in [2.24, 2.45) is 0 Å². The topological polar surface area (TPSA) is 87.1 Å². The van der Waals surface area contributed by atoms with E-state index in [1.54, 1.807) is 31.0 Å². The average Bonchev–Trinajstić information content (AvgIpc) is 3.28. The van der Waals surface area contributed by atoms with E-state index in [9.17, 15) is 18.3 Å². The monoisotopic (exact) mass is 496 g/mol. The molecular weight excluding hydrogens is 473 g/mol. The van der Waals surface area contributed by atoms with E-state index in [-0.39, 0.29) is 24.3 Å². The van der Waals surface area contributed by atoms with Crippen LogP contribution in [-0.4, -0.2) is 54.7 Å². The fourth-order valence-electron chi connectivity index (χ4n) is 3.65. The number of aliphatic hydroxyl groups excluding tert-OH is 1. The highest BCUT2D eigenvalue weighted by atomic mass is 32.2. The van der Waals surface area contributed by atoms with E-state index in [1.807, 2.05) is 6.26 Å². The first-order chi connectivity index (χ1) is 15.8. The Morgan fingerprint density at radius 2 is 1.94 bits per heavy atom. The van der Waals surface area contributed by atoms with Crippen molar-refractivity contribution in [1.82, 2.24) is 24.2 Å². The number of nitrogens with one attached hydrogen (secondary N) is 1. The lowest BCUT2D eigenvalue weighted by atomic mass is 10.1. The number of nitrogens with zero attached hydrogens (tertiary/aromatic N) is 5. The van der Waals surface area contributed by atoms with Crippen molar-refractivity contribution in [1.29, 1.82) is 0 Å². The molecule has 12 heteroatoms. The van der Waals surface area contributed by atoms with Crippen LogP contribution in [0.2, 0.25) is 0 Å². The lowest BCUT2D eigenvalue weighted by Gasteiger charge is -2.30. The molecule has 176 valence electrons. The smallest absolute Gasteiger partial charge is 0.390 e. The van der Waals surface area contributed by atoms with Gasteiger partial charge in [0.25, 0.3) is 0 Å². The summed E-state index contributed by atoms with van der Waals surface area (Å²) in [6, 6.07) is 3.53. The number of aromatic nitrogens is 4. The molecule has 1 fully saturated rings. The van der Waals surface area contributed by atoms with Crippen LogP contribution >= 0.6 is 23.3 Å². The number of piperidine rings is 1. The molecule has 4 rings (SSSR count). The summed E-state index contributed by atoms with van der Waals surface area (Å²) in [5, 5.41) is 13.0. The molecule has 0 aromatic carbocycles. The number of rotatable bonds is 6. The van der Waals surface area contributed by atoms with Crippen LogP contribution in [-0.2, 0) is 12.8 Å². The molecule has 0 spiro atoms. The third-order valence-electron chi connectivity index (χ3n) is 5.41. The van der Waals surface area contributed by atoms with Gasteiger partial charge >= 0.3 is 6.18 Å². The number of aliphatic hydroxyl groups is 1. The van der Waals surface area contributed by atoms with Gasteiger partial charge in [-0.25, -0.2) is 15.0 Å². The van der Waals surface area contributed by atoms with E-state index in [4.69, 9.17) is 0 Å². The van der Waals surface area contributed by atoms with E-state index in [0.29, 0.717) is 26.8 Å². The Labute approximate surface area is 197 Å². The van der Waals surface area contributed by atoms with Gasteiger partial charge in [0.1, 0.15) is 10.6 Å². The summed E-state index contributed by atoms with van der Waals surface area (Å²) in [5.74, 6) is 0.181. The molecule has 0 amide bonds. The maximum atomic E-state index is 13.7. The van der Waals surface area contributed by atoms with Gasteiger partial charge in [-0.3, -0.25) is 9.29 Å². The highest BCUT2D eigenvalue weighted by Crippen LogP contribution is 2.40. The lowest BCUT2D eigenvalue weighted by molar-refractivity contribution is -0.137. The number of alkyl halides is 3. The van der Waals surface area contributed by atoms with Crippen LogP contribution < -0.4 is 5.32 Å². The normalized spacial score (nSPS) is 15.7. The second kappa shape index (κ2) is 9.92. The third kappa shape index (κ3) is 5.45. The number of aryl methyl sites for hydroxylation is 1. The molecule has 0 saturated carbocycles. The zero-order valence-electron chi connectivity index (χ0n) is 18.1. The van der Waals surface area contributed by atoms with Gasteiger partial charge in [-0.05, 0) is 38.2 Å². The highest BCUT2D eigenvalue weighted by Gasteiger charge is 2.36. The van der Waals surface area contributed by atoms with Crippen LogP contribution in [0.4, 0.5) is 19.1 Å². The summed E-state index contributed by atoms with van der Waals surface area (Å²) in [4.78, 5) is 17.1.